The van der Waals surface area contributed by atoms with Crippen LogP contribution in [0.4, 0.5) is 0 Å². The Balaban J connectivity index is 1.77. The first kappa shape index (κ1) is 20.9. The number of esters is 2. The van der Waals surface area contributed by atoms with Crippen molar-refractivity contribution in [2.75, 3.05) is 6.61 Å². The zero-order valence-corrected chi connectivity index (χ0v) is 17.1. The number of ether oxygens (including phenoxy) is 2. The third-order valence-electron chi connectivity index (χ3n) is 4.41. The van der Waals surface area contributed by atoms with Gasteiger partial charge in [-0.2, -0.15) is 0 Å². The standard InChI is InChI=1S/C26H22O4/c1-17(2)25(27)29-14-6-5-7-19-8-12-23-20(15-19)9-10-21-16-22(11-13-24(21)23)30-26(28)18(3)4/h8-13,15-16H,1,3,6,14H2,2,4H3. The van der Waals surface area contributed by atoms with Gasteiger partial charge < -0.3 is 9.47 Å². The van der Waals surface area contributed by atoms with Gasteiger partial charge >= 0.3 is 11.9 Å². The highest BCUT2D eigenvalue weighted by molar-refractivity contribution is 6.08. The molecule has 0 saturated carbocycles. The molecule has 3 aromatic carbocycles. The number of rotatable bonds is 5. The third kappa shape index (κ3) is 4.95. The van der Waals surface area contributed by atoms with Gasteiger partial charge in [0.05, 0.1) is 0 Å². The molecule has 0 heterocycles. The highest BCUT2D eigenvalue weighted by atomic mass is 16.5. The number of fused-ring (bicyclic) bond motifs is 3. The van der Waals surface area contributed by atoms with E-state index in [9.17, 15) is 9.59 Å². The lowest BCUT2D eigenvalue weighted by Gasteiger charge is -2.08. The minimum atomic E-state index is -0.437. The van der Waals surface area contributed by atoms with Gasteiger partial charge in [-0.25, -0.2) is 9.59 Å². The van der Waals surface area contributed by atoms with Crippen LogP contribution in [0.1, 0.15) is 25.8 Å². The van der Waals surface area contributed by atoms with E-state index in [0.29, 0.717) is 23.3 Å². The van der Waals surface area contributed by atoms with Crippen molar-refractivity contribution in [1.29, 1.82) is 0 Å². The Morgan fingerprint density at radius 2 is 1.50 bits per heavy atom. The molecule has 0 radical (unpaired) electrons. The fraction of sp³-hybridized carbons (Fsp3) is 0.154. The number of carbonyl (C=O) groups excluding carboxylic acids is 2. The van der Waals surface area contributed by atoms with Crippen LogP contribution in [-0.4, -0.2) is 18.5 Å². The Bertz CT molecular complexity index is 1240. The molecule has 0 aliphatic heterocycles. The number of hydrogen-bond donors (Lipinski definition) is 0. The van der Waals surface area contributed by atoms with Gasteiger partial charge in [0.1, 0.15) is 12.4 Å². The highest BCUT2D eigenvalue weighted by Gasteiger charge is 2.07. The monoisotopic (exact) mass is 398 g/mol. The van der Waals surface area contributed by atoms with Crippen molar-refractivity contribution in [3.63, 3.8) is 0 Å². The summed E-state index contributed by atoms with van der Waals surface area (Å²) in [5, 5.41) is 4.20. The summed E-state index contributed by atoms with van der Waals surface area (Å²) in [6, 6.07) is 15.6. The lowest BCUT2D eigenvalue weighted by molar-refractivity contribution is -0.138. The Morgan fingerprint density at radius 1 is 0.867 bits per heavy atom. The molecule has 0 amide bonds. The van der Waals surface area contributed by atoms with E-state index in [4.69, 9.17) is 9.47 Å². The second-order valence-corrected chi connectivity index (χ2v) is 7.02. The van der Waals surface area contributed by atoms with E-state index in [1.165, 1.54) is 0 Å². The molecular weight excluding hydrogens is 376 g/mol. The normalized spacial score (nSPS) is 10.2. The van der Waals surface area contributed by atoms with E-state index < -0.39 is 11.9 Å². The fourth-order valence-corrected chi connectivity index (χ4v) is 2.87. The van der Waals surface area contributed by atoms with Gasteiger partial charge in [-0.15, -0.1) is 0 Å². The van der Waals surface area contributed by atoms with Crippen LogP contribution in [0.25, 0.3) is 21.5 Å². The second kappa shape index (κ2) is 9.11. The molecule has 0 spiro atoms. The van der Waals surface area contributed by atoms with Gasteiger partial charge in [0.25, 0.3) is 0 Å². The van der Waals surface area contributed by atoms with Crippen LogP contribution in [0.5, 0.6) is 5.75 Å². The van der Waals surface area contributed by atoms with E-state index in [1.54, 1.807) is 19.9 Å². The van der Waals surface area contributed by atoms with Crippen molar-refractivity contribution in [2.24, 2.45) is 0 Å². The van der Waals surface area contributed by atoms with Crippen molar-refractivity contribution < 1.29 is 19.1 Å². The SMILES string of the molecule is C=C(C)C(=O)OCCC#Cc1ccc2c(ccc3cc(OC(=O)C(=C)C)ccc32)c1. The summed E-state index contributed by atoms with van der Waals surface area (Å²) in [6.07, 6.45) is 0.459. The molecule has 4 nitrogen and oxygen atoms in total. The summed E-state index contributed by atoms with van der Waals surface area (Å²) < 4.78 is 10.3. The van der Waals surface area contributed by atoms with Gasteiger partial charge in [0, 0.05) is 23.1 Å². The highest BCUT2D eigenvalue weighted by Crippen LogP contribution is 2.29. The zero-order chi connectivity index (χ0) is 21.7. The van der Waals surface area contributed by atoms with Gasteiger partial charge in [0.2, 0.25) is 0 Å². The average molecular weight is 398 g/mol. The van der Waals surface area contributed by atoms with Crippen LogP contribution >= 0.6 is 0 Å². The maximum atomic E-state index is 11.7. The smallest absolute Gasteiger partial charge is 0.338 e. The van der Waals surface area contributed by atoms with Gasteiger partial charge in [0.15, 0.2) is 0 Å². The van der Waals surface area contributed by atoms with Crippen LogP contribution in [0.3, 0.4) is 0 Å². The molecule has 0 fully saturated rings. The maximum Gasteiger partial charge on any atom is 0.338 e. The summed E-state index contributed by atoms with van der Waals surface area (Å²) in [4.78, 5) is 23.1. The van der Waals surface area contributed by atoms with E-state index in [0.717, 1.165) is 27.1 Å². The van der Waals surface area contributed by atoms with Crippen LogP contribution in [-0.2, 0) is 14.3 Å². The topological polar surface area (TPSA) is 52.6 Å². The van der Waals surface area contributed by atoms with Crippen LogP contribution < -0.4 is 4.74 Å². The minimum absolute atomic E-state index is 0.245. The quantitative estimate of drug-likeness (QED) is 0.145. The van der Waals surface area contributed by atoms with Gasteiger partial charge in [-0.3, -0.25) is 0 Å². The number of hydrogen-bond acceptors (Lipinski definition) is 4. The van der Waals surface area contributed by atoms with E-state index in [-0.39, 0.29) is 6.61 Å². The molecule has 0 aliphatic carbocycles. The van der Waals surface area contributed by atoms with Gasteiger partial charge in [-0.05, 0) is 59.7 Å². The molecule has 0 unspecified atom stereocenters. The van der Waals surface area contributed by atoms with E-state index >= 15 is 0 Å². The van der Waals surface area contributed by atoms with Crippen LogP contribution in [0.2, 0.25) is 0 Å². The molecule has 3 aromatic rings. The molecule has 0 atom stereocenters. The summed E-state index contributed by atoms with van der Waals surface area (Å²) in [5.74, 6) is 5.78. The Labute approximate surface area is 175 Å². The number of benzene rings is 3. The fourth-order valence-electron chi connectivity index (χ4n) is 2.87. The Morgan fingerprint density at radius 3 is 2.17 bits per heavy atom. The molecule has 30 heavy (non-hydrogen) atoms. The average Bonchev–Trinajstić information content (AvgIpc) is 2.72. The summed E-state index contributed by atoms with van der Waals surface area (Å²) in [6.45, 7) is 10.6. The molecule has 0 aliphatic rings. The summed E-state index contributed by atoms with van der Waals surface area (Å²) >= 11 is 0. The molecular formula is C26H22O4. The van der Waals surface area contributed by atoms with Crippen LogP contribution in [0, 0.1) is 11.8 Å². The molecule has 4 heteroatoms. The van der Waals surface area contributed by atoms with Crippen molar-refractivity contribution in [3.05, 3.63) is 78.4 Å². The first-order valence-corrected chi connectivity index (χ1v) is 9.51. The molecule has 0 bridgehead atoms. The van der Waals surface area contributed by atoms with E-state index in [1.807, 2.05) is 42.5 Å². The van der Waals surface area contributed by atoms with Gasteiger partial charge in [-0.1, -0.05) is 49.3 Å². The third-order valence-corrected chi connectivity index (χ3v) is 4.41. The number of carbonyl (C=O) groups is 2. The Kier molecular flexibility index (Phi) is 6.34. The van der Waals surface area contributed by atoms with Crippen molar-refractivity contribution in [1.82, 2.24) is 0 Å². The molecule has 0 N–H and O–H groups in total. The first-order valence-electron chi connectivity index (χ1n) is 9.51. The van der Waals surface area contributed by atoms with Crippen LogP contribution in [0.15, 0.2) is 72.8 Å². The molecule has 150 valence electrons. The summed E-state index contributed by atoms with van der Waals surface area (Å²) in [7, 11) is 0. The summed E-state index contributed by atoms with van der Waals surface area (Å²) in [5.41, 5.74) is 1.63. The van der Waals surface area contributed by atoms with Crippen molar-refractivity contribution in [2.45, 2.75) is 20.3 Å². The van der Waals surface area contributed by atoms with Crippen molar-refractivity contribution >= 4 is 33.5 Å². The van der Waals surface area contributed by atoms with E-state index in [2.05, 4.69) is 25.0 Å². The first-order chi connectivity index (χ1) is 14.3. The largest absolute Gasteiger partial charge is 0.461 e. The van der Waals surface area contributed by atoms with Crippen molar-refractivity contribution in [3.8, 4) is 17.6 Å². The zero-order valence-electron chi connectivity index (χ0n) is 17.1. The predicted octanol–water partition coefficient (Wildman–Crippen LogP) is 5.34. The predicted molar refractivity (Wildman–Crippen MR) is 119 cm³/mol. The molecule has 3 rings (SSSR count). The molecule has 0 aromatic heterocycles. The lowest BCUT2D eigenvalue weighted by atomic mass is 10.00. The maximum absolute atomic E-state index is 11.7. The minimum Gasteiger partial charge on any atom is -0.461 e. The Hall–Kier alpha value is -3.84. The second-order valence-electron chi connectivity index (χ2n) is 7.02. The molecule has 0 saturated heterocycles. The lowest BCUT2D eigenvalue weighted by Crippen LogP contribution is -2.07.